The lowest BCUT2D eigenvalue weighted by molar-refractivity contribution is -0.262. The molecule has 1 fully saturated rings. The molecule has 4 N–H and O–H groups in total. The van der Waals surface area contributed by atoms with Gasteiger partial charge in [0.15, 0.2) is 6.23 Å². The average molecular weight is 640 g/mol. The van der Waals surface area contributed by atoms with Crippen molar-refractivity contribution in [1.29, 1.82) is 0 Å². The molecular weight excluding hydrogens is 566 g/mol. The number of rotatable bonds is 30. The van der Waals surface area contributed by atoms with Gasteiger partial charge < -0.3 is 30.1 Å². The highest BCUT2D eigenvalue weighted by atomic mass is 16.6. The van der Waals surface area contributed by atoms with Crippen LogP contribution in [0.2, 0.25) is 0 Å². The predicted molar refractivity (Wildman–Crippen MR) is 186 cm³/mol. The van der Waals surface area contributed by atoms with Crippen LogP contribution >= 0.6 is 0 Å². The highest BCUT2D eigenvalue weighted by molar-refractivity contribution is 5.76. The maximum atomic E-state index is 13.4. The number of carbonyl (C=O) groups excluding carboxylic acids is 1. The van der Waals surface area contributed by atoms with Crippen molar-refractivity contribution >= 4 is 5.91 Å². The number of hydrogen-bond donors (Lipinski definition) is 4. The number of nitrogens with zero attached hydrogens (tertiary/aromatic N) is 1. The topological polar surface area (TPSA) is 110 Å². The Hall–Kier alpha value is -0.990. The Bertz CT molecular complexity index is 702. The minimum atomic E-state index is -1.47. The summed E-state index contributed by atoms with van der Waals surface area (Å²) in [5, 5.41) is 41.0. The van der Waals surface area contributed by atoms with Crippen molar-refractivity contribution in [3.05, 3.63) is 12.2 Å². The summed E-state index contributed by atoms with van der Waals surface area (Å²) in [6, 6.07) is 0. The van der Waals surface area contributed by atoms with Crippen LogP contribution in [0.15, 0.2) is 12.2 Å². The number of unbranched alkanes of at least 4 members (excludes halogenated alkanes) is 22. The van der Waals surface area contributed by atoms with Crippen LogP contribution in [0.4, 0.5) is 0 Å². The van der Waals surface area contributed by atoms with Crippen LogP contribution < -0.4 is 0 Å². The molecule has 0 aromatic rings. The highest BCUT2D eigenvalue weighted by Gasteiger charge is 2.46. The molecule has 1 rings (SSSR count). The first-order valence-electron chi connectivity index (χ1n) is 19.2. The Balaban J connectivity index is 2.36. The number of carbonyl (C=O) groups is 1. The monoisotopic (exact) mass is 640 g/mol. The molecule has 1 unspecified atom stereocenters. The van der Waals surface area contributed by atoms with E-state index in [-0.39, 0.29) is 5.91 Å². The molecule has 0 bridgehead atoms. The molecule has 1 heterocycles. The van der Waals surface area contributed by atoms with E-state index in [2.05, 4.69) is 26.0 Å². The van der Waals surface area contributed by atoms with Gasteiger partial charge in [-0.25, -0.2) is 0 Å². The summed E-state index contributed by atoms with van der Waals surface area (Å²) in [5.41, 5.74) is 0. The molecule has 1 saturated heterocycles. The fraction of sp³-hybridized carbons (Fsp3) is 0.921. The largest absolute Gasteiger partial charge is 0.394 e. The first kappa shape index (κ1) is 42.0. The molecular formula is C38H73NO6. The molecule has 0 aromatic heterocycles. The summed E-state index contributed by atoms with van der Waals surface area (Å²) in [4.78, 5) is 14.9. The Morgan fingerprint density at radius 3 is 1.47 bits per heavy atom. The predicted octanol–water partition coefficient (Wildman–Crippen LogP) is 8.35. The molecule has 1 aliphatic heterocycles. The smallest absolute Gasteiger partial charge is 0.224 e. The summed E-state index contributed by atoms with van der Waals surface area (Å²) < 4.78 is 5.79. The second-order valence-corrected chi connectivity index (χ2v) is 13.5. The molecule has 5 atom stereocenters. The lowest BCUT2D eigenvalue weighted by atomic mass is 9.97. The molecule has 0 aliphatic carbocycles. The van der Waals surface area contributed by atoms with Gasteiger partial charge in [0.25, 0.3) is 0 Å². The molecule has 0 saturated carbocycles. The molecule has 45 heavy (non-hydrogen) atoms. The van der Waals surface area contributed by atoms with Crippen LogP contribution in [0.3, 0.4) is 0 Å². The number of ether oxygens (including phenoxy) is 1. The van der Waals surface area contributed by atoms with E-state index in [0.29, 0.717) is 13.0 Å². The first-order chi connectivity index (χ1) is 22.0. The van der Waals surface area contributed by atoms with Crippen LogP contribution in [-0.4, -0.2) is 75.0 Å². The van der Waals surface area contributed by atoms with E-state index >= 15 is 0 Å². The highest BCUT2D eigenvalue weighted by Crippen LogP contribution is 2.25. The lowest BCUT2D eigenvalue weighted by Gasteiger charge is -2.44. The zero-order valence-corrected chi connectivity index (χ0v) is 29.4. The normalized spacial score (nSPS) is 22.0. The lowest BCUT2D eigenvalue weighted by Crippen LogP contribution is -2.64. The Morgan fingerprint density at radius 2 is 1.00 bits per heavy atom. The van der Waals surface area contributed by atoms with Gasteiger partial charge in [0, 0.05) is 13.0 Å². The van der Waals surface area contributed by atoms with Crippen molar-refractivity contribution < 1.29 is 30.0 Å². The van der Waals surface area contributed by atoms with Crippen molar-refractivity contribution in [3.63, 3.8) is 0 Å². The van der Waals surface area contributed by atoms with Crippen molar-refractivity contribution in [2.75, 3.05) is 13.2 Å². The zero-order valence-electron chi connectivity index (χ0n) is 29.4. The van der Waals surface area contributed by atoms with Crippen LogP contribution in [0.1, 0.15) is 181 Å². The maximum absolute atomic E-state index is 13.4. The molecule has 7 heteroatoms. The second-order valence-electron chi connectivity index (χ2n) is 13.5. The van der Waals surface area contributed by atoms with E-state index in [1.165, 1.54) is 109 Å². The third kappa shape index (κ3) is 20.1. The van der Waals surface area contributed by atoms with Gasteiger partial charge in [-0.05, 0) is 38.5 Å². The SMILES string of the molecule is CCCCCCCC/C=C\CCCCCCCC(=O)N(CCCCCCCCCCCCCC)C1O[C@H](CO)[C@H](O)[C@H](O)[C@H]1O. The average Bonchev–Trinajstić information content (AvgIpc) is 3.04. The molecule has 0 radical (unpaired) electrons. The Labute approximate surface area is 277 Å². The van der Waals surface area contributed by atoms with Crippen LogP contribution in [0.5, 0.6) is 0 Å². The van der Waals surface area contributed by atoms with E-state index < -0.39 is 37.3 Å². The third-order valence-corrected chi connectivity index (χ3v) is 9.40. The molecule has 1 amide bonds. The van der Waals surface area contributed by atoms with Gasteiger partial charge in [-0.2, -0.15) is 0 Å². The summed E-state index contributed by atoms with van der Waals surface area (Å²) in [6.45, 7) is 4.45. The fourth-order valence-corrected chi connectivity index (χ4v) is 6.35. The fourth-order valence-electron chi connectivity index (χ4n) is 6.35. The molecule has 0 aromatic carbocycles. The number of hydrogen-bond acceptors (Lipinski definition) is 6. The Kier molecular flexibility index (Phi) is 27.2. The van der Waals surface area contributed by atoms with Crippen LogP contribution in [-0.2, 0) is 9.53 Å². The van der Waals surface area contributed by atoms with E-state index in [1.807, 2.05) is 0 Å². The van der Waals surface area contributed by atoms with Gasteiger partial charge in [-0.1, -0.05) is 148 Å². The van der Waals surface area contributed by atoms with Crippen molar-refractivity contribution in [3.8, 4) is 0 Å². The maximum Gasteiger partial charge on any atom is 0.224 e. The van der Waals surface area contributed by atoms with Gasteiger partial charge >= 0.3 is 0 Å². The van der Waals surface area contributed by atoms with Crippen LogP contribution in [0, 0.1) is 0 Å². The Morgan fingerprint density at radius 1 is 0.578 bits per heavy atom. The summed E-state index contributed by atoms with van der Waals surface area (Å²) in [5.74, 6) is -0.0972. The second kappa shape index (κ2) is 29.2. The number of aliphatic hydroxyl groups is 4. The van der Waals surface area contributed by atoms with Crippen molar-refractivity contribution in [1.82, 2.24) is 4.90 Å². The van der Waals surface area contributed by atoms with Gasteiger partial charge in [-0.3, -0.25) is 4.79 Å². The van der Waals surface area contributed by atoms with E-state index in [1.54, 1.807) is 4.90 Å². The van der Waals surface area contributed by atoms with E-state index in [4.69, 9.17) is 4.74 Å². The summed E-state index contributed by atoms with van der Waals surface area (Å²) in [6.07, 6.45) is 28.8. The number of allylic oxidation sites excluding steroid dienone is 2. The van der Waals surface area contributed by atoms with E-state index in [0.717, 1.165) is 51.4 Å². The van der Waals surface area contributed by atoms with E-state index in [9.17, 15) is 25.2 Å². The zero-order chi connectivity index (χ0) is 33.0. The van der Waals surface area contributed by atoms with Gasteiger partial charge in [0.05, 0.1) is 6.61 Å². The molecule has 1 aliphatic rings. The molecule has 266 valence electrons. The van der Waals surface area contributed by atoms with Gasteiger partial charge in [-0.15, -0.1) is 0 Å². The standard InChI is InChI=1S/C38H73NO6/c1-3-5-7-9-11-13-15-17-18-19-20-22-24-26-28-30-34(41)39(38-37(44)36(43)35(42)33(32-40)45-38)31-29-27-25-23-21-16-14-12-10-8-6-4-2/h17-18,33,35-38,40,42-44H,3-16,19-32H2,1-2H3/b18-17-/t33-,35+,36+,37-,38?/m1/s1. The van der Waals surface area contributed by atoms with Gasteiger partial charge in [0.2, 0.25) is 5.91 Å². The molecule has 7 nitrogen and oxygen atoms in total. The molecule has 0 spiro atoms. The minimum Gasteiger partial charge on any atom is -0.394 e. The van der Waals surface area contributed by atoms with Crippen molar-refractivity contribution in [2.24, 2.45) is 0 Å². The van der Waals surface area contributed by atoms with Crippen LogP contribution in [0.25, 0.3) is 0 Å². The number of aliphatic hydroxyl groups excluding tert-OH is 4. The van der Waals surface area contributed by atoms with Gasteiger partial charge in [0.1, 0.15) is 24.4 Å². The summed E-state index contributed by atoms with van der Waals surface area (Å²) >= 11 is 0. The number of amides is 1. The first-order valence-corrected chi connectivity index (χ1v) is 19.2. The minimum absolute atomic E-state index is 0.0972. The quantitative estimate of drug-likeness (QED) is 0.0464. The summed E-state index contributed by atoms with van der Waals surface area (Å²) in [7, 11) is 0. The third-order valence-electron chi connectivity index (χ3n) is 9.40. The van der Waals surface area contributed by atoms with Crippen molar-refractivity contribution in [2.45, 2.75) is 211 Å².